The average molecular weight is 491 g/mol. The number of hydrogen-bond acceptors (Lipinski definition) is 5. The fourth-order valence-electron chi connectivity index (χ4n) is 7.93. The number of rotatable bonds is 4. The average Bonchev–Trinajstić information content (AvgIpc) is 3.12. The minimum Gasteiger partial charge on any atom is -0.352 e. The molecule has 0 spiro atoms. The lowest BCUT2D eigenvalue weighted by molar-refractivity contribution is -0.121. The number of nitrogens with zero attached hydrogens (tertiary/aromatic N) is 4. The van der Waals surface area contributed by atoms with Crippen LogP contribution in [-0.2, 0) is 4.79 Å². The summed E-state index contributed by atoms with van der Waals surface area (Å²) in [6.07, 6.45) is 16.0. The van der Waals surface area contributed by atoms with Gasteiger partial charge in [-0.05, 0) is 70.4 Å². The number of Topliss-reactive ketones (excluding diaryl/α,β-unsaturated/α-hetero) is 1. The number of ketones is 1. The monoisotopic (exact) mass is 490 g/mol. The van der Waals surface area contributed by atoms with E-state index in [1.807, 2.05) is 12.1 Å². The van der Waals surface area contributed by atoms with Crippen LogP contribution in [0.2, 0.25) is 0 Å². The lowest BCUT2D eigenvalue weighted by Crippen LogP contribution is -2.50. The molecule has 1 aliphatic carbocycles. The Kier molecular flexibility index (Phi) is 6.89. The predicted octanol–water partition coefficient (Wildman–Crippen LogP) is 5.48. The first-order valence-electron chi connectivity index (χ1n) is 14.6. The number of para-hydroxylation sites is 2. The van der Waals surface area contributed by atoms with E-state index in [9.17, 15) is 9.59 Å². The third kappa shape index (κ3) is 4.51. The first kappa shape index (κ1) is 24.1. The zero-order chi connectivity index (χ0) is 24.6. The Morgan fingerprint density at radius 1 is 0.806 bits per heavy atom. The highest BCUT2D eigenvalue weighted by Crippen LogP contribution is 2.44. The van der Waals surface area contributed by atoms with Crippen LogP contribution < -0.4 is 10.5 Å². The van der Waals surface area contributed by atoms with Crippen LogP contribution in [-0.4, -0.2) is 51.4 Å². The molecule has 4 heterocycles. The Bertz CT molecular complexity index is 1130. The van der Waals surface area contributed by atoms with Crippen molar-refractivity contribution in [3.8, 4) is 0 Å². The van der Waals surface area contributed by atoms with E-state index in [4.69, 9.17) is 4.98 Å². The van der Waals surface area contributed by atoms with Gasteiger partial charge in [-0.2, -0.15) is 0 Å². The molecule has 0 amide bonds. The van der Waals surface area contributed by atoms with E-state index in [2.05, 4.69) is 26.5 Å². The molecule has 3 aliphatic heterocycles. The summed E-state index contributed by atoms with van der Waals surface area (Å²) in [5.74, 6) is 0.979. The topological polar surface area (TPSA) is 58.4 Å². The Balaban J connectivity index is 1.30. The smallest absolute Gasteiger partial charge is 0.294 e. The molecule has 2 aromatic rings. The van der Waals surface area contributed by atoms with Crippen molar-refractivity contribution in [1.82, 2.24) is 14.5 Å². The minimum absolute atomic E-state index is 0.0683. The van der Waals surface area contributed by atoms with Crippen LogP contribution in [0.25, 0.3) is 11.0 Å². The molecule has 1 aromatic heterocycles. The molecule has 2 bridgehead atoms. The molecule has 194 valence electrons. The minimum atomic E-state index is 0.0683. The highest BCUT2D eigenvalue weighted by molar-refractivity contribution is 5.79. The van der Waals surface area contributed by atoms with Crippen molar-refractivity contribution >= 4 is 22.6 Å². The summed E-state index contributed by atoms with van der Waals surface area (Å²) in [7, 11) is 0. The van der Waals surface area contributed by atoms with Gasteiger partial charge < -0.3 is 9.47 Å². The first-order valence-corrected chi connectivity index (χ1v) is 14.6. The van der Waals surface area contributed by atoms with E-state index in [0.717, 1.165) is 55.8 Å². The van der Waals surface area contributed by atoms with Gasteiger partial charge in [-0.1, -0.05) is 44.2 Å². The summed E-state index contributed by atoms with van der Waals surface area (Å²) < 4.78 is 2.12. The van der Waals surface area contributed by atoms with Gasteiger partial charge in [0.05, 0.1) is 11.0 Å². The van der Waals surface area contributed by atoms with Gasteiger partial charge in [0.1, 0.15) is 5.78 Å². The summed E-state index contributed by atoms with van der Waals surface area (Å²) in [5, 5.41) is 0. The molecule has 36 heavy (non-hydrogen) atoms. The summed E-state index contributed by atoms with van der Waals surface area (Å²) in [6.45, 7) is 3.16. The molecular weight excluding hydrogens is 448 g/mol. The van der Waals surface area contributed by atoms with E-state index >= 15 is 0 Å². The van der Waals surface area contributed by atoms with Crippen molar-refractivity contribution in [1.29, 1.82) is 0 Å². The van der Waals surface area contributed by atoms with E-state index in [0.29, 0.717) is 17.9 Å². The lowest BCUT2D eigenvalue weighted by Gasteiger charge is -2.45. The Morgan fingerprint density at radius 2 is 1.44 bits per heavy atom. The fraction of sp³-hybridized carbons (Fsp3) is 0.700. The van der Waals surface area contributed by atoms with E-state index < -0.39 is 0 Å². The van der Waals surface area contributed by atoms with Gasteiger partial charge in [-0.25, -0.2) is 4.98 Å². The summed E-state index contributed by atoms with van der Waals surface area (Å²) in [5.41, 5.74) is 1.96. The largest absolute Gasteiger partial charge is 0.352 e. The molecule has 4 fully saturated rings. The second-order valence-corrected chi connectivity index (χ2v) is 11.9. The maximum Gasteiger partial charge on any atom is 0.294 e. The van der Waals surface area contributed by atoms with Crippen LogP contribution in [0.1, 0.15) is 96.4 Å². The van der Waals surface area contributed by atoms with Crippen molar-refractivity contribution in [2.75, 3.05) is 18.0 Å². The Hall–Kier alpha value is -2.21. The second kappa shape index (κ2) is 10.3. The number of carbonyl (C=O) groups excluding carboxylic acids is 1. The zero-order valence-corrected chi connectivity index (χ0v) is 21.9. The Labute approximate surface area is 215 Å². The van der Waals surface area contributed by atoms with E-state index in [1.165, 1.54) is 57.8 Å². The zero-order valence-electron chi connectivity index (χ0n) is 21.9. The third-order valence-corrected chi connectivity index (χ3v) is 9.77. The molecule has 6 heteroatoms. The van der Waals surface area contributed by atoms with Gasteiger partial charge in [-0.3, -0.25) is 14.5 Å². The number of aromatic nitrogens is 2. The van der Waals surface area contributed by atoms with Crippen LogP contribution in [0, 0.1) is 5.92 Å². The standard InChI is InChI=1S/C30H42N4O2/c1-21(35)22-15-17-32(18-16-22)29-30(36)34(28-12-8-7-11-27(28)31-29)26-19-24-13-14-25(20-26)33(24)23-9-5-3-2-4-6-10-23/h7-8,11-12,22-26H,2-6,9-10,13-20H2,1H3/t24-,25+,26+. The molecule has 6 nitrogen and oxygen atoms in total. The quantitative estimate of drug-likeness (QED) is 0.568. The lowest BCUT2D eigenvalue weighted by atomic mass is 9.89. The SMILES string of the molecule is CC(=O)C1CCN(c2nc3ccccc3n([C@H]3C[C@H]4CC[C@@H](C3)N4C3CCCCCCC3)c2=O)CC1. The number of anilines is 1. The van der Waals surface area contributed by atoms with Gasteiger partial charge in [-0.15, -0.1) is 0 Å². The number of fused-ring (bicyclic) bond motifs is 3. The van der Waals surface area contributed by atoms with Crippen molar-refractivity contribution in [2.24, 2.45) is 5.92 Å². The molecule has 3 saturated heterocycles. The number of hydrogen-bond donors (Lipinski definition) is 0. The summed E-state index contributed by atoms with van der Waals surface area (Å²) in [4.78, 5) is 35.9. The van der Waals surface area contributed by atoms with Crippen LogP contribution in [0.4, 0.5) is 5.82 Å². The molecule has 6 rings (SSSR count). The maximum atomic E-state index is 14.1. The van der Waals surface area contributed by atoms with Gasteiger partial charge in [0.25, 0.3) is 5.56 Å². The van der Waals surface area contributed by atoms with Gasteiger partial charge in [0.2, 0.25) is 0 Å². The highest BCUT2D eigenvalue weighted by Gasteiger charge is 2.44. The van der Waals surface area contributed by atoms with Crippen molar-refractivity contribution < 1.29 is 4.79 Å². The van der Waals surface area contributed by atoms with Gasteiger partial charge in [0, 0.05) is 43.2 Å². The molecule has 3 atom stereocenters. The fourth-order valence-corrected chi connectivity index (χ4v) is 7.93. The molecular formula is C30H42N4O2. The van der Waals surface area contributed by atoms with E-state index in [1.54, 1.807) is 6.92 Å². The molecule has 4 aliphatic rings. The highest BCUT2D eigenvalue weighted by atomic mass is 16.1. The normalized spacial score (nSPS) is 28.8. The predicted molar refractivity (Wildman–Crippen MR) is 145 cm³/mol. The Morgan fingerprint density at radius 3 is 2.11 bits per heavy atom. The molecule has 0 N–H and O–H groups in total. The molecule has 0 radical (unpaired) electrons. The van der Waals surface area contributed by atoms with Gasteiger partial charge in [0.15, 0.2) is 5.82 Å². The first-order chi connectivity index (χ1) is 17.6. The van der Waals surface area contributed by atoms with Crippen LogP contribution in [0.15, 0.2) is 29.1 Å². The molecule has 1 aromatic carbocycles. The van der Waals surface area contributed by atoms with Crippen LogP contribution >= 0.6 is 0 Å². The summed E-state index contributed by atoms with van der Waals surface area (Å²) >= 11 is 0. The van der Waals surface area contributed by atoms with Crippen LogP contribution in [0.5, 0.6) is 0 Å². The number of piperidine rings is 2. The second-order valence-electron chi connectivity index (χ2n) is 11.9. The third-order valence-electron chi connectivity index (χ3n) is 9.77. The number of carbonyl (C=O) groups is 1. The van der Waals surface area contributed by atoms with Crippen LogP contribution in [0.3, 0.4) is 0 Å². The van der Waals surface area contributed by atoms with E-state index in [-0.39, 0.29) is 23.3 Å². The van der Waals surface area contributed by atoms with Crippen molar-refractivity contribution in [2.45, 2.75) is 115 Å². The number of benzene rings is 1. The summed E-state index contributed by atoms with van der Waals surface area (Å²) in [6, 6.07) is 10.4. The molecule has 0 unspecified atom stereocenters. The maximum absolute atomic E-state index is 14.1. The van der Waals surface area contributed by atoms with Crippen molar-refractivity contribution in [3.63, 3.8) is 0 Å². The molecule has 1 saturated carbocycles. The van der Waals surface area contributed by atoms with Gasteiger partial charge >= 0.3 is 0 Å². The van der Waals surface area contributed by atoms with Crippen molar-refractivity contribution in [3.05, 3.63) is 34.6 Å².